The number of ether oxygens (including phenoxy) is 1. The summed E-state index contributed by atoms with van der Waals surface area (Å²) in [5.74, 6) is 1.54. The second kappa shape index (κ2) is 5.84. The largest absolute Gasteiger partial charge is 0.492 e. The van der Waals surface area contributed by atoms with Crippen molar-refractivity contribution in [2.45, 2.75) is 38.7 Å². The van der Waals surface area contributed by atoms with Gasteiger partial charge in [-0.1, -0.05) is 49.2 Å². The first-order valence-electron chi connectivity index (χ1n) is 7.58. The molecule has 2 nitrogen and oxygen atoms in total. The highest BCUT2D eigenvalue weighted by molar-refractivity contribution is 5.89. The van der Waals surface area contributed by atoms with Crippen molar-refractivity contribution < 1.29 is 9.84 Å². The molecule has 0 unspecified atom stereocenters. The molecular formula is C18H22O2. The molecule has 0 aromatic heterocycles. The van der Waals surface area contributed by atoms with Crippen molar-refractivity contribution in [3.8, 4) is 5.75 Å². The van der Waals surface area contributed by atoms with E-state index in [1.807, 2.05) is 18.2 Å². The lowest BCUT2D eigenvalue weighted by molar-refractivity contribution is 0.187. The van der Waals surface area contributed by atoms with Crippen LogP contribution in [0.4, 0.5) is 0 Å². The van der Waals surface area contributed by atoms with Crippen LogP contribution in [0, 0.1) is 5.92 Å². The number of aliphatic hydroxyl groups is 1. The Labute approximate surface area is 120 Å². The molecule has 0 saturated heterocycles. The van der Waals surface area contributed by atoms with E-state index in [-0.39, 0.29) is 0 Å². The summed E-state index contributed by atoms with van der Waals surface area (Å²) in [4.78, 5) is 0. The van der Waals surface area contributed by atoms with Gasteiger partial charge in [0, 0.05) is 10.9 Å². The first-order chi connectivity index (χ1) is 9.75. The summed E-state index contributed by atoms with van der Waals surface area (Å²) in [6.07, 6.45) is 4.70. The van der Waals surface area contributed by atoms with Crippen LogP contribution in [0.5, 0.6) is 5.75 Å². The zero-order valence-corrected chi connectivity index (χ0v) is 12.0. The molecule has 0 bridgehead atoms. The predicted octanol–water partition coefficient (Wildman–Crippen LogP) is 4.46. The summed E-state index contributed by atoms with van der Waals surface area (Å²) in [7, 11) is 0. The maximum absolute atomic E-state index is 9.98. The Morgan fingerprint density at radius 3 is 2.65 bits per heavy atom. The molecule has 0 spiro atoms. The third-order valence-corrected chi connectivity index (χ3v) is 4.30. The van der Waals surface area contributed by atoms with Crippen molar-refractivity contribution in [2.24, 2.45) is 5.92 Å². The van der Waals surface area contributed by atoms with Crippen LogP contribution in [-0.2, 0) is 0 Å². The summed E-state index contributed by atoms with van der Waals surface area (Å²) in [5, 5.41) is 12.2. The van der Waals surface area contributed by atoms with E-state index < -0.39 is 6.10 Å². The van der Waals surface area contributed by atoms with Crippen LogP contribution in [0.15, 0.2) is 36.4 Å². The van der Waals surface area contributed by atoms with E-state index in [1.165, 1.54) is 31.1 Å². The minimum Gasteiger partial charge on any atom is -0.492 e. The smallest absolute Gasteiger partial charge is 0.132 e. The zero-order chi connectivity index (χ0) is 13.9. The molecule has 1 N–H and O–H groups in total. The van der Waals surface area contributed by atoms with Gasteiger partial charge in [0.15, 0.2) is 0 Å². The second-order valence-corrected chi connectivity index (χ2v) is 5.84. The minimum atomic E-state index is -0.502. The van der Waals surface area contributed by atoms with E-state index in [9.17, 15) is 5.11 Å². The van der Waals surface area contributed by atoms with Crippen molar-refractivity contribution >= 4 is 10.8 Å². The minimum absolute atomic E-state index is 0.502. The fraction of sp³-hybridized carbons (Fsp3) is 0.444. The Morgan fingerprint density at radius 2 is 1.90 bits per heavy atom. The summed E-state index contributed by atoms with van der Waals surface area (Å²) < 4.78 is 6.14. The summed E-state index contributed by atoms with van der Waals surface area (Å²) in [6.45, 7) is 2.57. The Hall–Kier alpha value is -1.54. The third-order valence-electron chi connectivity index (χ3n) is 4.30. The fourth-order valence-electron chi connectivity index (χ4n) is 3.13. The van der Waals surface area contributed by atoms with Gasteiger partial charge < -0.3 is 9.84 Å². The third kappa shape index (κ3) is 2.66. The molecule has 1 aliphatic carbocycles. The van der Waals surface area contributed by atoms with Gasteiger partial charge in [-0.15, -0.1) is 0 Å². The summed E-state index contributed by atoms with van der Waals surface area (Å²) >= 11 is 0. The highest BCUT2D eigenvalue weighted by Crippen LogP contribution is 2.35. The molecule has 2 aromatic carbocycles. The van der Waals surface area contributed by atoms with Crippen molar-refractivity contribution in [1.29, 1.82) is 0 Å². The van der Waals surface area contributed by atoms with Crippen molar-refractivity contribution in [3.05, 3.63) is 42.0 Å². The van der Waals surface area contributed by atoms with Crippen LogP contribution < -0.4 is 4.74 Å². The van der Waals surface area contributed by atoms with Gasteiger partial charge in [-0.25, -0.2) is 0 Å². The van der Waals surface area contributed by atoms with Crippen LogP contribution in [0.25, 0.3) is 10.8 Å². The number of hydrogen-bond acceptors (Lipinski definition) is 2. The Balaban J connectivity index is 1.94. The molecule has 1 fully saturated rings. The normalized spacial score (nSPS) is 17.5. The molecule has 2 heteroatoms. The topological polar surface area (TPSA) is 29.5 Å². The van der Waals surface area contributed by atoms with Gasteiger partial charge in [-0.2, -0.15) is 0 Å². The molecular weight excluding hydrogens is 248 g/mol. The Morgan fingerprint density at radius 1 is 1.15 bits per heavy atom. The first-order valence-corrected chi connectivity index (χ1v) is 7.58. The van der Waals surface area contributed by atoms with E-state index in [4.69, 9.17) is 4.74 Å². The fourth-order valence-corrected chi connectivity index (χ4v) is 3.13. The standard InChI is InChI=1S/C18H22O2/c1-13(19)16-11-10-15-8-4-5-9-17(15)18(16)20-12-14-6-2-3-7-14/h4-5,8-11,13-14,19H,2-3,6-7,12H2,1H3/t13-/m0/s1. The first kappa shape index (κ1) is 13.4. The Kier molecular flexibility index (Phi) is 3.93. The predicted molar refractivity (Wildman–Crippen MR) is 82.0 cm³/mol. The van der Waals surface area contributed by atoms with E-state index in [2.05, 4.69) is 18.2 Å². The SMILES string of the molecule is C[C@H](O)c1ccc2ccccc2c1OCC1CCCC1. The number of hydrogen-bond donors (Lipinski definition) is 1. The molecule has 0 aliphatic heterocycles. The lowest BCUT2D eigenvalue weighted by Gasteiger charge is -2.18. The number of rotatable bonds is 4. The molecule has 1 atom stereocenters. The molecule has 0 heterocycles. The molecule has 20 heavy (non-hydrogen) atoms. The lowest BCUT2D eigenvalue weighted by atomic mass is 10.0. The van der Waals surface area contributed by atoms with Gasteiger partial charge in [0.1, 0.15) is 5.75 Å². The van der Waals surface area contributed by atoms with Gasteiger partial charge in [0.25, 0.3) is 0 Å². The molecule has 0 amide bonds. The highest BCUT2D eigenvalue weighted by Gasteiger charge is 2.18. The highest BCUT2D eigenvalue weighted by atomic mass is 16.5. The van der Waals surface area contributed by atoms with Gasteiger partial charge >= 0.3 is 0 Å². The van der Waals surface area contributed by atoms with Gasteiger partial charge in [0.05, 0.1) is 12.7 Å². The van der Waals surface area contributed by atoms with E-state index in [0.29, 0.717) is 5.92 Å². The zero-order valence-electron chi connectivity index (χ0n) is 12.0. The van der Waals surface area contributed by atoms with E-state index in [0.717, 1.165) is 23.3 Å². The molecule has 0 radical (unpaired) electrons. The van der Waals surface area contributed by atoms with Crippen molar-refractivity contribution in [3.63, 3.8) is 0 Å². The average Bonchev–Trinajstić information content (AvgIpc) is 2.97. The Bertz CT molecular complexity index is 583. The van der Waals surface area contributed by atoms with Crippen molar-refractivity contribution in [1.82, 2.24) is 0 Å². The van der Waals surface area contributed by atoms with Gasteiger partial charge in [-0.3, -0.25) is 0 Å². The maximum Gasteiger partial charge on any atom is 0.132 e. The maximum atomic E-state index is 9.98. The van der Waals surface area contributed by atoms with E-state index in [1.54, 1.807) is 6.92 Å². The quantitative estimate of drug-likeness (QED) is 0.888. The lowest BCUT2D eigenvalue weighted by Crippen LogP contribution is -2.10. The van der Waals surface area contributed by atoms with Crippen LogP contribution in [0.1, 0.15) is 44.3 Å². The number of fused-ring (bicyclic) bond motifs is 1. The van der Waals surface area contributed by atoms with Crippen LogP contribution >= 0.6 is 0 Å². The number of benzene rings is 2. The average molecular weight is 270 g/mol. The summed E-state index contributed by atoms with van der Waals surface area (Å²) in [6, 6.07) is 12.3. The van der Waals surface area contributed by atoms with Crippen LogP contribution in [0.3, 0.4) is 0 Å². The van der Waals surface area contributed by atoms with E-state index >= 15 is 0 Å². The molecule has 106 valence electrons. The van der Waals surface area contributed by atoms with Gasteiger partial charge in [0.2, 0.25) is 0 Å². The molecule has 1 aliphatic rings. The monoisotopic (exact) mass is 270 g/mol. The molecule has 1 saturated carbocycles. The number of aliphatic hydroxyl groups excluding tert-OH is 1. The molecule has 2 aromatic rings. The molecule has 3 rings (SSSR count). The summed E-state index contributed by atoms with van der Waals surface area (Å²) in [5.41, 5.74) is 0.890. The van der Waals surface area contributed by atoms with Crippen LogP contribution in [-0.4, -0.2) is 11.7 Å². The van der Waals surface area contributed by atoms with Crippen LogP contribution in [0.2, 0.25) is 0 Å². The van der Waals surface area contributed by atoms with Crippen molar-refractivity contribution in [2.75, 3.05) is 6.61 Å². The van der Waals surface area contributed by atoms with Gasteiger partial charge in [-0.05, 0) is 31.1 Å². The second-order valence-electron chi connectivity index (χ2n) is 5.84.